The molecule has 0 aliphatic heterocycles. The Labute approximate surface area is 154 Å². The van der Waals surface area contributed by atoms with Gasteiger partial charge in [-0.1, -0.05) is 18.7 Å². The molecule has 11 heteroatoms. The van der Waals surface area contributed by atoms with E-state index < -0.39 is 0 Å². The molecule has 2 heterocycles. The summed E-state index contributed by atoms with van der Waals surface area (Å²) < 4.78 is 13.8. The quantitative estimate of drug-likeness (QED) is 0.459. The first kappa shape index (κ1) is 18.0. The lowest BCUT2D eigenvalue weighted by atomic mass is 10.2. The summed E-state index contributed by atoms with van der Waals surface area (Å²) in [6, 6.07) is 5.43. The Bertz CT molecular complexity index is 878. The third-order valence-corrected chi connectivity index (χ3v) is 4.63. The molecule has 10 nitrogen and oxygen atoms in total. The van der Waals surface area contributed by atoms with Crippen LogP contribution in [0.1, 0.15) is 19.2 Å². The Hall–Kier alpha value is -2.82. The van der Waals surface area contributed by atoms with Crippen LogP contribution in [0.5, 0.6) is 11.5 Å². The van der Waals surface area contributed by atoms with Gasteiger partial charge in [0.25, 0.3) is 0 Å². The number of thioether (sulfide) groups is 1. The molecule has 26 heavy (non-hydrogen) atoms. The number of hydrogen-bond donors (Lipinski definition) is 1. The molecule has 0 spiro atoms. The zero-order chi connectivity index (χ0) is 18.5. The second-order valence-electron chi connectivity index (χ2n) is 5.35. The summed E-state index contributed by atoms with van der Waals surface area (Å²) in [7, 11) is 3.18. The fourth-order valence-electron chi connectivity index (χ4n) is 2.38. The van der Waals surface area contributed by atoms with Crippen LogP contribution < -0.4 is 15.3 Å². The van der Waals surface area contributed by atoms with Crippen molar-refractivity contribution in [3.05, 3.63) is 24.0 Å². The van der Waals surface area contributed by atoms with Crippen LogP contribution in [0.3, 0.4) is 0 Å². The van der Waals surface area contributed by atoms with Gasteiger partial charge < -0.3 is 15.3 Å². The zero-order valence-corrected chi connectivity index (χ0v) is 15.6. The van der Waals surface area contributed by atoms with E-state index >= 15 is 0 Å². The lowest BCUT2D eigenvalue weighted by Crippen LogP contribution is -2.12. The average Bonchev–Trinajstić information content (AvgIpc) is 3.26. The number of aromatic nitrogens is 7. The van der Waals surface area contributed by atoms with E-state index in [0.717, 1.165) is 24.4 Å². The molecule has 0 fully saturated rings. The largest absolute Gasteiger partial charge is 0.497 e. The highest BCUT2D eigenvalue weighted by molar-refractivity contribution is 7.98. The summed E-state index contributed by atoms with van der Waals surface area (Å²) in [4.78, 5) is 0. The van der Waals surface area contributed by atoms with Crippen molar-refractivity contribution < 1.29 is 9.47 Å². The minimum Gasteiger partial charge on any atom is -0.497 e. The lowest BCUT2D eigenvalue weighted by molar-refractivity contribution is 0.395. The summed E-state index contributed by atoms with van der Waals surface area (Å²) in [5.41, 5.74) is 0.728. The number of rotatable bonds is 8. The number of nitrogens with two attached hydrogens (primary N) is 1. The molecule has 1 aromatic carbocycles. The lowest BCUT2D eigenvalue weighted by Gasteiger charge is -2.10. The highest BCUT2D eigenvalue weighted by Crippen LogP contribution is 2.33. The van der Waals surface area contributed by atoms with E-state index in [9.17, 15) is 0 Å². The number of ether oxygens (including phenoxy) is 2. The summed E-state index contributed by atoms with van der Waals surface area (Å²) >= 11 is 1.42. The van der Waals surface area contributed by atoms with Gasteiger partial charge in [0, 0.05) is 12.6 Å². The van der Waals surface area contributed by atoms with Crippen LogP contribution in [0.15, 0.2) is 23.4 Å². The van der Waals surface area contributed by atoms with E-state index in [1.165, 1.54) is 16.4 Å². The van der Waals surface area contributed by atoms with Gasteiger partial charge in [-0.2, -0.15) is 0 Å². The summed E-state index contributed by atoms with van der Waals surface area (Å²) in [6.45, 7) is 2.84. The number of nitrogens with zero attached hydrogens (tertiary/aromatic N) is 7. The molecule has 0 unspecified atom stereocenters. The Morgan fingerprint density at radius 3 is 2.73 bits per heavy atom. The van der Waals surface area contributed by atoms with Crippen LogP contribution in [0, 0.1) is 0 Å². The Morgan fingerprint density at radius 2 is 2.00 bits per heavy atom. The van der Waals surface area contributed by atoms with E-state index in [4.69, 9.17) is 15.3 Å². The molecule has 3 rings (SSSR count). The average molecular weight is 376 g/mol. The minimum atomic E-state index is 0.500. The number of hydrogen-bond acceptors (Lipinski definition) is 9. The first-order chi connectivity index (χ1) is 12.7. The summed E-state index contributed by atoms with van der Waals surface area (Å²) in [5.74, 6) is 9.29. The standard InChI is InChI=1S/C15H20N8O2S/c1-4-7-22-13(17-20-21-22)9-26-15-19-18-14(23(15)16)11-6-5-10(24-2)8-12(11)25-3/h5-6,8H,4,7,9,16H2,1-3H3. The number of tetrazole rings is 1. The van der Waals surface area contributed by atoms with E-state index in [1.54, 1.807) is 25.0 Å². The molecule has 0 atom stereocenters. The summed E-state index contributed by atoms with van der Waals surface area (Å²) in [6.07, 6.45) is 0.956. The van der Waals surface area contributed by atoms with Crippen LogP contribution in [0.25, 0.3) is 11.4 Å². The van der Waals surface area contributed by atoms with E-state index in [0.29, 0.717) is 28.2 Å². The third-order valence-electron chi connectivity index (χ3n) is 3.69. The number of aryl methyl sites for hydroxylation is 1. The highest BCUT2D eigenvalue weighted by atomic mass is 32.2. The van der Waals surface area contributed by atoms with Crippen molar-refractivity contribution in [3.63, 3.8) is 0 Å². The van der Waals surface area contributed by atoms with Crippen molar-refractivity contribution in [1.82, 2.24) is 35.1 Å². The molecule has 0 radical (unpaired) electrons. The van der Waals surface area contributed by atoms with E-state index in [2.05, 4.69) is 32.6 Å². The maximum atomic E-state index is 6.19. The van der Waals surface area contributed by atoms with Crippen molar-refractivity contribution in [1.29, 1.82) is 0 Å². The van der Waals surface area contributed by atoms with Gasteiger partial charge in [-0.05, 0) is 29.0 Å². The van der Waals surface area contributed by atoms with E-state index in [1.807, 2.05) is 12.1 Å². The number of nitrogen functional groups attached to an aromatic ring is 1. The molecular weight excluding hydrogens is 356 g/mol. The minimum absolute atomic E-state index is 0.500. The van der Waals surface area contributed by atoms with Gasteiger partial charge in [0.05, 0.1) is 25.5 Å². The van der Waals surface area contributed by atoms with Gasteiger partial charge in [-0.3, -0.25) is 0 Å². The van der Waals surface area contributed by atoms with Crippen LogP contribution in [0.4, 0.5) is 0 Å². The Morgan fingerprint density at radius 1 is 1.15 bits per heavy atom. The molecular formula is C15H20N8O2S. The van der Waals surface area contributed by atoms with Crippen molar-refractivity contribution >= 4 is 11.8 Å². The second kappa shape index (κ2) is 8.04. The second-order valence-corrected chi connectivity index (χ2v) is 6.29. The molecule has 0 aliphatic carbocycles. The van der Waals surface area contributed by atoms with Crippen LogP contribution in [-0.2, 0) is 12.3 Å². The van der Waals surface area contributed by atoms with Gasteiger partial charge in [0.2, 0.25) is 5.16 Å². The van der Waals surface area contributed by atoms with Crippen molar-refractivity contribution in [2.24, 2.45) is 0 Å². The van der Waals surface area contributed by atoms with E-state index in [-0.39, 0.29) is 0 Å². The van der Waals surface area contributed by atoms with Gasteiger partial charge >= 0.3 is 0 Å². The van der Waals surface area contributed by atoms with Crippen LogP contribution >= 0.6 is 11.8 Å². The first-order valence-corrected chi connectivity index (χ1v) is 8.97. The number of benzene rings is 1. The van der Waals surface area contributed by atoms with Gasteiger partial charge in [0.1, 0.15) is 11.5 Å². The SMILES string of the molecule is CCCn1nnnc1CSc1nnc(-c2ccc(OC)cc2OC)n1N. The smallest absolute Gasteiger partial charge is 0.210 e. The van der Waals surface area contributed by atoms with Crippen molar-refractivity contribution in [3.8, 4) is 22.9 Å². The van der Waals surface area contributed by atoms with Gasteiger partial charge in [-0.25, -0.2) is 9.36 Å². The highest BCUT2D eigenvalue weighted by Gasteiger charge is 2.17. The monoisotopic (exact) mass is 376 g/mol. The van der Waals surface area contributed by atoms with Gasteiger partial charge in [-0.15, -0.1) is 15.3 Å². The molecule has 2 N–H and O–H groups in total. The normalized spacial score (nSPS) is 10.9. The molecule has 0 aliphatic rings. The molecule has 138 valence electrons. The fraction of sp³-hybridized carbons (Fsp3) is 0.400. The Kier molecular flexibility index (Phi) is 5.56. The molecule has 0 bridgehead atoms. The maximum absolute atomic E-state index is 6.19. The van der Waals surface area contributed by atoms with Crippen LogP contribution in [-0.4, -0.2) is 49.3 Å². The predicted molar refractivity (Wildman–Crippen MR) is 96.4 cm³/mol. The first-order valence-electron chi connectivity index (χ1n) is 7.98. The fourth-order valence-corrected chi connectivity index (χ4v) is 3.17. The Balaban J connectivity index is 1.81. The van der Waals surface area contributed by atoms with Crippen LogP contribution in [0.2, 0.25) is 0 Å². The van der Waals surface area contributed by atoms with Crippen molar-refractivity contribution in [2.45, 2.75) is 30.8 Å². The van der Waals surface area contributed by atoms with Gasteiger partial charge in [0.15, 0.2) is 11.6 Å². The maximum Gasteiger partial charge on any atom is 0.210 e. The molecule has 0 saturated heterocycles. The third kappa shape index (κ3) is 3.57. The summed E-state index contributed by atoms with van der Waals surface area (Å²) in [5, 5.41) is 20.7. The number of methoxy groups -OCH3 is 2. The molecule has 3 aromatic rings. The molecule has 0 saturated carbocycles. The molecule has 2 aromatic heterocycles. The zero-order valence-electron chi connectivity index (χ0n) is 14.8. The molecule has 0 amide bonds. The predicted octanol–water partition coefficient (Wildman–Crippen LogP) is 1.36. The van der Waals surface area contributed by atoms with Crippen molar-refractivity contribution in [2.75, 3.05) is 20.1 Å². The topological polar surface area (TPSA) is 119 Å².